The normalized spacial score (nSPS) is 10.5. The summed E-state index contributed by atoms with van der Waals surface area (Å²) < 4.78 is 33.5. The molecule has 0 aromatic heterocycles. The molecule has 0 aliphatic rings. The third-order valence-corrected chi connectivity index (χ3v) is 3.95. The van der Waals surface area contributed by atoms with E-state index in [1.807, 2.05) is 0 Å². The van der Waals surface area contributed by atoms with Crippen molar-refractivity contribution in [2.75, 3.05) is 20.2 Å². The molecular formula is C19H19F2NO4. The van der Waals surface area contributed by atoms with Crippen LogP contribution in [0.2, 0.25) is 0 Å². The molecule has 0 saturated heterocycles. The lowest BCUT2D eigenvalue weighted by Crippen LogP contribution is -2.33. The third-order valence-electron chi connectivity index (χ3n) is 3.95. The summed E-state index contributed by atoms with van der Waals surface area (Å²) in [5.41, 5.74) is 0.282. The van der Waals surface area contributed by atoms with Gasteiger partial charge in [-0.15, -0.1) is 0 Å². The minimum absolute atomic E-state index is 0.0149. The van der Waals surface area contributed by atoms with Gasteiger partial charge < -0.3 is 14.7 Å². The van der Waals surface area contributed by atoms with E-state index in [-0.39, 0.29) is 36.2 Å². The van der Waals surface area contributed by atoms with Gasteiger partial charge in [-0.1, -0.05) is 6.07 Å². The van der Waals surface area contributed by atoms with Crippen LogP contribution in [0.15, 0.2) is 36.4 Å². The van der Waals surface area contributed by atoms with Gasteiger partial charge in [-0.2, -0.15) is 0 Å². The minimum atomic E-state index is -1.04. The number of benzene rings is 2. The van der Waals surface area contributed by atoms with Crippen molar-refractivity contribution < 1.29 is 28.2 Å². The second-order valence-corrected chi connectivity index (χ2v) is 5.57. The van der Waals surface area contributed by atoms with Crippen molar-refractivity contribution in [2.24, 2.45) is 0 Å². The molecule has 0 heterocycles. The van der Waals surface area contributed by atoms with E-state index in [0.29, 0.717) is 5.75 Å². The molecule has 0 aliphatic heterocycles. The highest BCUT2D eigenvalue weighted by Gasteiger charge is 2.20. The van der Waals surface area contributed by atoms with Crippen molar-refractivity contribution in [3.05, 3.63) is 53.6 Å². The molecule has 2 rings (SSSR count). The molecule has 138 valence electrons. The van der Waals surface area contributed by atoms with Crippen LogP contribution in [-0.4, -0.2) is 42.1 Å². The molecule has 0 aliphatic carbocycles. The average Bonchev–Trinajstić information content (AvgIpc) is 2.61. The van der Waals surface area contributed by atoms with Gasteiger partial charge in [-0.3, -0.25) is 9.59 Å². The van der Waals surface area contributed by atoms with E-state index >= 15 is 0 Å². The van der Waals surface area contributed by atoms with Crippen molar-refractivity contribution in [3.63, 3.8) is 0 Å². The second-order valence-electron chi connectivity index (χ2n) is 5.57. The number of amides is 1. The molecule has 26 heavy (non-hydrogen) atoms. The fourth-order valence-electron chi connectivity index (χ4n) is 2.52. The van der Waals surface area contributed by atoms with Crippen LogP contribution >= 0.6 is 0 Å². The number of halogens is 2. The first kappa shape index (κ1) is 19.4. The maximum atomic E-state index is 14.4. The van der Waals surface area contributed by atoms with Crippen LogP contribution in [0.5, 0.6) is 5.75 Å². The topological polar surface area (TPSA) is 66.8 Å². The number of carbonyl (C=O) groups excluding carboxylic acids is 1. The average molecular weight is 363 g/mol. The Morgan fingerprint density at radius 1 is 1.12 bits per heavy atom. The Morgan fingerprint density at radius 2 is 1.85 bits per heavy atom. The molecule has 0 saturated carbocycles. The Morgan fingerprint density at radius 3 is 2.38 bits per heavy atom. The van der Waals surface area contributed by atoms with Crippen LogP contribution < -0.4 is 4.74 Å². The highest BCUT2D eigenvalue weighted by Crippen LogP contribution is 2.28. The maximum absolute atomic E-state index is 14.4. The summed E-state index contributed by atoms with van der Waals surface area (Å²) in [6, 6.07) is 8.03. The second kappa shape index (κ2) is 8.42. The summed E-state index contributed by atoms with van der Waals surface area (Å²) in [6.45, 7) is 1.91. The number of hydrogen-bond acceptors (Lipinski definition) is 3. The fourth-order valence-corrected chi connectivity index (χ4v) is 2.52. The van der Waals surface area contributed by atoms with Crippen molar-refractivity contribution in [2.45, 2.75) is 13.3 Å². The predicted octanol–water partition coefficient (Wildman–Crippen LogP) is 3.58. The van der Waals surface area contributed by atoms with Gasteiger partial charge in [0, 0.05) is 24.7 Å². The molecule has 0 unspecified atom stereocenters. The summed E-state index contributed by atoms with van der Waals surface area (Å²) in [5.74, 6) is -2.67. The molecule has 0 fully saturated rings. The molecule has 7 heteroatoms. The molecule has 2 aromatic carbocycles. The summed E-state index contributed by atoms with van der Waals surface area (Å²) in [7, 11) is 1.42. The first-order valence-electron chi connectivity index (χ1n) is 8.01. The van der Waals surface area contributed by atoms with E-state index in [0.717, 1.165) is 6.07 Å². The van der Waals surface area contributed by atoms with Crippen molar-refractivity contribution in [1.82, 2.24) is 4.90 Å². The Bertz CT molecular complexity index is 823. The SMILES string of the molecule is CCN(CCC(=O)O)C(=O)c1ccc(-c2ccc(OC)cc2F)cc1F. The van der Waals surface area contributed by atoms with Gasteiger partial charge in [0.15, 0.2) is 0 Å². The Hall–Kier alpha value is -2.96. The number of nitrogens with zero attached hydrogens (tertiary/aromatic N) is 1. The van der Waals surface area contributed by atoms with Gasteiger partial charge in [0.05, 0.1) is 19.1 Å². The molecule has 5 nitrogen and oxygen atoms in total. The molecule has 1 N–H and O–H groups in total. The standard InChI is InChI=1S/C19H19F2NO4/c1-3-22(9-8-18(23)24)19(25)15-6-4-12(10-16(15)20)14-7-5-13(26-2)11-17(14)21/h4-7,10-11H,3,8-9H2,1-2H3,(H,23,24). The van der Waals surface area contributed by atoms with Crippen molar-refractivity contribution >= 4 is 11.9 Å². The number of aliphatic carboxylic acids is 1. The number of hydrogen-bond donors (Lipinski definition) is 1. The fraction of sp³-hybridized carbons (Fsp3) is 0.263. The summed E-state index contributed by atoms with van der Waals surface area (Å²) in [5, 5.41) is 8.73. The van der Waals surface area contributed by atoms with Crippen LogP contribution in [0.25, 0.3) is 11.1 Å². The van der Waals surface area contributed by atoms with Crippen LogP contribution in [0, 0.1) is 11.6 Å². The molecule has 0 radical (unpaired) electrons. The van der Waals surface area contributed by atoms with Gasteiger partial charge in [0.25, 0.3) is 5.91 Å². The quantitative estimate of drug-likeness (QED) is 0.817. The molecule has 0 spiro atoms. The van der Waals surface area contributed by atoms with Gasteiger partial charge in [-0.05, 0) is 36.8 Å². The molecule has 1 amide bonds. The van der Waals surface area contributed by atoms with Crippen molar-refractivity contribution in [1.29, 1.82) is 0 Å². The number of ether oxygens (including phenoxy) is 1. The largest absolute Gasteiger partial charge is 0.497 e. The summed E-state index contributed by atoms with van der Waals surface area (Å²) in [4.78, 5) is 24.3. The van der Waals surface area contributed by atoms with E-state index < -0.39 is 23.5 Å². The van der Waals surface area contributed by atoms with Gasteiger partial charge in [0.2, 0.25) is 0 Å². The van der Waals surface area contributed by atoms with E-state index in [1.165, 1.54) is 36.3 Å². The van der Waals surface area contributed by atoms with E-state index in [2.05, 4.69) is 0 Å². The zero-order chi connectivity index (χ0) is 19.3. The monoisotopic (exact) mass is 363 g/mol. The summed E-state index contributed by atoms with van der Waals surface area (Å²) >= 11 is 0. The highest BCUT2D eigenvalue weighted by atomic mass is 19.1. The zero-order valence-corrected chi connectivity index (χ0v) is 14.5. The molecule has 2 aromatic rings. The Kier molecular flexibility index (Phi) is 6.27. The first-order chi connectivity index (χ1) is 12.4. The van der Waals surface area contributed by atoms with Crippen LogP contribution in [-0.2, 0) is 4.79 Å². The Labute approximate surface area is 149 Å². The van der Waals surface area contributed by atoms with Crippen LogP contribution in [0.4, 0.5) is 8.78 Å². The molecule has 0 atom stereocenters. The van der Waals surface area contributed by atoms with Crippen LogP contribution in [0.1, 0.15) is 23.7 Å². The number of carboxylic acid groups (broad SMARTS) is 1. The lowest BCUT2D eigenvalue weighted by Gasteiger charge is -2.20. The number of carbonyl (C=O) groups is 2. The smallest absolute Gasteiger partial charge is 0.305 e. The number of methoxy groups -OCH3 is 1. The maximum Gasteiger partial charge on any atom is 0.305 e. The number of carboxylic acids is 1. The lowest BCUT2D eigenvalue weighted by molar-refractivity contribution is -0.137. The van der Waals surface area contributed by atoms with E-state index in [9.17, 15) is 18.4 Å². The van der Waals surface area contributed by atoms with Gasteiger partial charge in [-0.25, -0.2) is 8.78 Å². The van der Waals surface area contributed by atoms with Gasteiger partial charge in [0.1, 0.15) is 17.4 Å². The van der Waals surface area contributed by atoms with Crippen molar-refractivity contribution in [3.8, 4) is 16.9 Å². The highest BCUT2D eigenvalue weighted by molar-refractivity contribution is 5.95. The van der Waals surface area contributed by atoms with Gasteiger partial charge >= 0.3 is 5.97 Å². The van der Waals surface area contributed by atoms with E-state index in [4.69, 9.17) is 9.84 Å². The number of rotatable bonds is 7. The Balaban J connectivity index is 2.28. The zero-order valence-electron chi connectivity index (χ0n) is 14.5. The minimum Gasteiger partial charge on any atom is -0.497 e. The lowest BCUT2D eigenvalue weighted by atomic mass is 10.0. The van der Waals surface area contributed by atoms with Crippen LogP contribution in [0.3, 0.4) is 0 Å². The predicted molar refractivity (Wildman–Crippen MR) is 92.2 cm³/mol. The molecular weight excluding hydrogens is 344 g/mol. The summed E-state index contributed by atoms with van der Waals surface area (Å²) in [6.07, 6.45) is -0.226. The molecule has 0 bridgehead atoms. The van der Waals surface area contributed by atoms with E-state index in [1.54, 1.807) is 13.0 Å². The first-order valence-corrected chi connectivity index (χ1v) is 8.01. The third kappa shape index (κ3) is 4.36.